The molecule has 4 nitrogen and oxygen atoms in total. The average molecular weight is 439 g/mol. The zero-order valence-electron chi connectivity index (χ0n) is 15.7. The van der Waals surface area contributed by atoms with E-state index in [1.54, 1.807) is 7.11 Å². The fraction of sp³-hybridized carbons (Fsp3) is 0.737. The molecule has 0 atom stereocenters. The predicted octanol–water partition coefficient (Wildman–Crippen LogP) is 4.36. The van der Waals surface area contributed by atoms with Crippen molar-refractivity contribution in [3.8, 4) is 5.88 Å². The third kappa shape index (κ3) is 6.69. The number of hydrogen-bond acceptors (Lipinski definition) is 4. The number of carbonyl (C=O) groups is 1. The van der Waals surface area contributed by atoms with Crippen LogP contribution in [0.2, 0.25) is 3.43 Å². The van der Waals surface area contributed by atoms with Gasteiger partial charge in [0.25, 0.3) is 0 Å². The van der Waals surface area contributed by atoms with E-state index < -0.39 is 21.1 Å². The molecule has 134 valence electrons. The summed E-state index contributed by atoms with van der Waals surface area (Å²) in [5.41, 5.74) is 0.307. The number of ether oxygens (including phenoxy) is 1. The Balaban J connectivity index is 3.05. The third-order valence-corrected chi connectivity index (χ3v) is 9.56. The molecule has 0 N–H and O–H groups in total. The SMILES string of the molecule is CCCC[C](CCCC)(CCCC)[Sn][c]1cnc(C=O)c(OC)n1. The Kier molecular flexibility index (Phi) is 10.5. The summed E-state index contributed by atoms with van der Waals surface area (Å²) in [5, 5.41) is 0. The van der Waals surface area contributed by atoms with E-state index in [0.717, 1.165) is 10.00 Å². The van der Waals surface area contributed by atoms with Crippen LogP contribution in [0.15, 0.2) is 6.20 Å². The Morgan fingerprint density at radius 3 is 2.04 bits per heavy atom. The Hall–Kier alpha value is -0.651. The van der Waals surface area contributed by atoms with Crippen molar-refractivity contribution in [1.29, 1.82) is 0 Å². The van der Waals surface area contributed by atoms with Crippen molar-refractivity contribution in [2.45, 2.75) is 82.0 Å². The molecule has 0 bridgehead atoms. The minimum absolute atomic E-state index is 0.307. The number of hydrogen-bond donors (Lipinski definition) is 0. The average Bonchev–Trinajstić information content (AvgIpc) is 2.62. The van der Waals surface area contributed by atoms with E-state index >= 15 is 0 Å². The van der Waals surface area contributed by atoms with Crippen LogP contribution in [0.25, 0.3) is 0 Å². The number of aldehydes is 1. The first-order valence-corrected chi connectivity index (χ1v) is 12.1. The van der Waals surface area contributed by atoms with Crippen molar-refractivity contribution in [3.05, 3.63) is 11.9 Å². The number of carbonyl (C=O) groups excluding carboxylic acids is 1. The zero-order valence-corrected chi connectivity index (χ0v) is 18.6. The molecule has 0 saturated carbocycles. The zero-order chi connectivity index (χ0) is 17.8. The van der Waals surface area contributed by atoms with Crippen LogP contribution >= 0.6 is 0 Å². The second-order valence-corrected chi connectivity index (χ2v) is 11.7. The Morgan fingerprint density at radius 2 is 1.62 bits per heavy atom. The van der Waals surface area contributed by atoms with Crippen molar-refractivity contribution in [2.75, 3.05) is 7.11 Å². The molecule has 0 aliphatic rings. The summed E-state index contributed by atoms with van der Waals surface area (Å²) < 4.78 is 6.84. The molecule has 1 aromatic rings. The van der Waals surface area contributed by atoms with Crippen molar-refractivity contribution in [1.82, 2.24) is 9.97 Å². The van der Waals surface area contributed by atoms with Crippen LogP contribution in [-0.2, 0) is 0 Å². The molecule has 0 spiro atoms. The van der Waals surface area contributed by atoms with Gasteiger partial charge < -0.3 is 0 Å². The first-order valence-electron chi connectivity index (χ1n) is 9.29. The molecule has 0 unspecified atom stereocenters. The Labute approximate surface area is 157 Å². The van der Waals surface area contributed by atoms with Gasteiger partial charge in [0, 0.05) is 0 Å². The molecule has 0 aromatic carbocycles. The van der Waals surface area contributed by atoms with E-state index in [1.807, 2.05) is 6.20 Å². The molecule has 0 aliphatic heterocycles. The summed E-state index contributed by atoms with van der Waals surface area (Å²) in [4.78, 5) is 19.9. The van der Waals surface area contributed by atoms with Gasteiger partial charge >= 0.3 is 158 Å². The second-order valence-electron chi connectivity index (χ2n) is 6.48. The van der Waals surface area contributed by atoms with Gasteiger partial charge in [-0.15, -0.1) is 0 Å². The van der Waals surface area contributed by atoms with Crippen molar-refractivity contribution in [3.63, 3.8) is 0 Å². The Bertz CT molecular complexity index is 472. The molecule has 1 rings (SSSR count). The van der Waals surface area contributed by atoms with Crippen LogP contribution in [0.4, 0.5) is 0 Å². The first-order chi connectivity index (χ1) is 11.6. The third-order valence-electron chi connectivity index (χ3n) is 4.49. The molecule has 0 fully saturated rings. The summed E-state index contributed by atoms with van der Waals surface area (Å²) >= 11 is -0.929. The maximum atomic E-state index is 11.0. The fourth-order valence-corrected chi connectivity index (χ4v) is 8.00. The molecule has 24 heavy (non-hydrogen) atoms. The van der Waals surface area contributed by atoms with Gasteiger partial charge in [-0.05, 0) is 0 Å². The van der Waals surface area contributed by atoms with E-state index in [1.165, 1.54) is 57.8 Å². The number of nitrogens with zero attached hydrogens (tertiary/aromatic N) is 2. The normalized spacial score (nSPS) is 11.5. The molecule has 1 heterocycles. The quantitative estimate of drug-likeness (QED) is 0.339. The van der Waals surface area contributed by atoms with Gasteiger partial charge in [-0.1, -0.05) is 0 Å². The van der Waals surface area contributed by atoms with Crippen molar-refractivity contribution < 1.29 is 9.53 Å². The molecule has 1 aromatic heterocycles. The van der Waals surface area contributed by atoms with Crippen LogP contribution in [0, 0.1) is 0 Å². The molecule has 0 saturated heterocycles. The van der Waals surface area contributed by atoms with Gasteiger partial charge in [-0.3, -0.25) is 0 Å². The monoisotopic (exact) mass is 440 g/mol. The molecule has 0 amide bonds. The van der Waals surface area contributed by atoms with Gasteiger partial charge in [0.2, 0.25) is 0 Å². The van der Waals surface area contributed by atoms with Gasteiger partial charge in [-0.25, -0.2) is 0 Å². The van der Waals surface area contributed by atoms with Crippen LogP contribution in [0.3, 0.4) is 0 Å². The standard InChI is InChI=1S/C13H27.C6H5N2O2.Sn/c1-4-7-10-13(11-8-5-2)12-9-6-3;1-10-6-5(4-9)7-2-3-8-6;/h4-12H2,1-3H3;2,4H,1H3;. The van der Waals surface area contributed by atoms with E-state index in [0.29, 0.717) is 15.0 Å². The van der Waals surface area contributed by atoms with Gasteiger partial charge in [0.1, 0.15) is 0 Å². The fourth-order valence-electron chi connectivity index (χ4n) is 3.05. The topological polar surface area (TPSA) is 52.1 Å². The maximum absolute atomic E-state index is 11.0. The summed E-state index contributed by atoms with van der Waals surface area (Å²) in [5.74, 6) is 0.388. The van der Waals surface area contributed by atoms with Crippen LogP contribution < -0.4 is 8.45 Å². The van der Waals surface area contributed by atoms with E-state index in [2.05, 4.69) is 30.7 Å². The molecule has 0 aliphatic carbocycles. The van der Waals surface area contributed by atoms with Crippen LogP contribution in [0.1, 0.15) is 89.0 Å². The van der Waals surface area contributed by atoms with E-state index in [4.69, 9.17) is 4.74 Å². The second kappa shape index (κ2) is 11.8. The van der Waals surface area contributed by atoms with Gasteiger partial charge in [-0.2, -0.15) is 0 Å². The predicted molar refractivity (Wildman–Crippen MR) is 101 cm³/mol. The number of unbranched alkanes of at least 4 members (excludes halogenated alkanes) is 3. The van der Waals surface area contributed by atoms with Crippen molar-refractivity contribution in [2.24, 2.45) is 0 Å². The number of rotatable bonds is 13. The van der Waals surface area contributed by atoms with Crippen molar-refractivity contribution >= 4 is 31.1 Å². The Morgan fingerprint density at radius 1 is 1.08 bits per heavy atom. The minimum atomic E-state index is -0.929. The summed E-state index contributed by atoms with van der Waals surface area (Å²) in [6.45, 7) is 6.82. The first kappa shape index (κ1) is 21.4. The van der Waals surface area contributed by atoms with E-state index in [9.17, 15) is 4.79 Å². The summed E-state index contributed by atoms with van der Waals surface area (Å²) in [6, 6.07) is 0. The number of aromatic nitrogens is 2. The van der Waals surface area contributed by atoms with Gasteiger partial charge in [0.15, 0.2) is 0 Å². The molecular weight excluding hydrogens is 407 g/mol. The van der Waals surface area contributed by atoms with E-state index in [-0.39, 0.29) is 0 Å². The summed E-state index contributed by atoms with van der Waals surface area (Å²) in [6.07, 6.45) is 14.1. The summed E-state index contributed by atoms with van der Waals surface area (Å²) in [7, 11) is 1.56. The van der Waals surface area contributed by atoms with Gasteiger partial charge in [0.05, 0.1) is 0 Å². The van der Waals surface area contributed by atoms with Crippen LogP contribution in [0.5, 0.6) is 5.88 Å². The molecule has 5 heteroatoms. The van der Waals surface area contributed by atoms with Crippen LogP contribution in [-0.4, -0.2) is 44.5 Å². The molecular formula is C19H32N2O2Sn. The molecule has 2 radical (unpaired) electrons. The number of methoxy groups -OCH3 is 1.